The average molecular weight is 487 g/mol. The zero-order chi connectivity index (χ0) is 25.0. The fraction of sp³-hybridized carbons (Fsp3) is 0.781. The van der Waals surface area contributed by atoms with Crippen molar-refractivity contribution in [2.75, 3.05) is 0 Å². The van der Waals surface area contributed by atoms with Gasteiger partial charge in [-0.15, -0.1) is 0 Å². The molecule has 3 rings (SSSR count). The fourth-order valence-corrected chi connectivity index (χ4v) is 6.34. The second kappa shape index (κ2) is 15.0. The summed E-state index contributed by atoms with van der Waals surface area (Å²) in [5, 5.41) is 0. The fourth-order valence-electron chi connectivity index (χ4n) is 6.34. The van der Waals surface area contributed by atoms with Gasteiger partial charge in [0, 0.05) is 0 Å². The summed E-state index contributed by atoms with van der Waals surface area (Å²) < 4.78 is 20.3. The van der Waals surface area contributed by atoms with Crippen LogP contribution in [0.15, 0.2) is 18.2 Å². The molecule has 35 heavy (non-hydrogen) atoms. The molecule has 0 N–H and O–H groups in total. The van der Waals surface area contributed by atoms with Gasteiger partial charge in [0.05, 0.1) is 5.92 Å². The van der Waals surface area contributed by atoms with Gasteiger partial charge < -0.3 is 4.74 Å². The van der Waals surface area contributed by atoms with E-state index in [-0.39, 0.29) is 17.6 Å². The summed E-state index contributed by atoms with van der Waals surface area (Å²) in [6.07, 6.45) is 20.7. The number of esters is 1. The van der Waals surface area contributed by atoms with Crippen LogP contribution in [0, 0.1) is 35.4 Å². The largest absolute Gasteiger partial charge is 0.423 e. The van der Waals surface area contributed by atoms with Crippen LogP contribution >= 0.6 is 0 Å². The normalized spacial score (nSPS) is 25.1. The average Bonchev–Trinajstić information content (AvgIpc) is 2.85. The van der Waals surface area contributed by atoms with Crippen molar-refractivity contribution in [1.82, 2.24) is 0 Å². The summed E-state index contributed by atoms with van der Waals surface area (Å²) in [4.78, 5) is 12.7. The summed E-state index contributed by atoms with van der Waals surface area (Å²) in [6.45, 7) is 6.83. The Morgan fingerprint density at radius 2 is 1.49 bits per heavy atom. The molecular formula is C32H51FO2. The lowest BCUT2D eigenvalue weighted by Crippen LogP contribution is -2.26. The van der Waals surface area contributed by atoms with Gasteiger partial charge in [0.15, 0.2) is 11.6 Å². The Morgan fingerprint density at radius 3 is 2.09 bits per heavy atom. The predicted octanol–water partition coefficient (Wildman–Crippen LogP) is 9.68. The molecule has 3 heteroatoms. The minimum absolute atomic E-state index is 0.0764. The Labute approximate surface area is 214 Å². The molecule has 2 nitrogen and oxygen atoms in total. The molecule has 0 bridgehead atoms. The summed E-state index contributed by atoms with van der Waals surface area (Å²) in [6, 6.07) is 5.21. The minimum atomic E-state index is -0.391. The lowest BCUT2D eigenvalue weighted by molar-refractivity contribution is -0.140. The van der Waals surface area contributed by atoms with Crippen LogP contribution < -0.4 is 4.74 Å². The van der Waals surface area contributed by atoms with E-state index < -0.39 is 5.82 Å². The van der Waals surface area contributed by atoms with Crippen molar-refractivity contribution in [3.8, 4) is 5.75 Å². The minimum Gasteiger partial charge on any atom is -0.423 e. The van der Waals surface area contributed by atoms with E-state index in [9.17, 15) is 9.18 Å². The molecule has 2 fully saturated rings. The SMILES string of the molecule is CCCCCC1CCC(CCc2ccc(OC(=O)C3CCC(CCCC(C)C)CC3)c(F)c2)CC1. The molecule has 0 heterocycles. The lowest BCUT2D eigenvalue weighted by atomic mass is 9.78. The van der Waals surface area contributed by atoms with E-state index >= 15 is 0 Å². The Kier molecular flexibility index (Phi) is 12.1. The standard InChI is InChI=1S/C32H51FO2/c1-4-5-6-9-25-11-13-27(14-12-25)15-16-28-19-22-31(30(33)23-28)35-32(34)29-20-17-26(18-21-29)10-7-8-24(2)3/h19,22-27,29H,4-18,20-21H2,1-3H3. The molecule has 0 atom stereocenters. The molecule has 0 spiro atoms. The highest BCUT2D eigenvalue weighted by Gasteiger charge is 2.28. The zero-order valence-electron chi connectivity index (χ0n) is 22.8. The second-order valence-corrected chi connectivity index (χ2v) is 12.1. The molecule has 2 saturated carbocycles. The first kappa shape index (κ1) is 28.2. The topological polar surface area (TPSA) is 26.3 Å². The Hall–Kier alpha value is -1.38. The Bertz CT molecular complexity index is 742. The zero-order valence-corrected chi connectivity index (χ0v) is 22.8. The summed E-state index contributed by atoms with van der Waals surface area (Å²) in [7, 11) is 0. The molecular weight excluding hydrogens is 435 g/mol. The van der Waals surface area contributed by atoms with Crippen LogP contribution in [0.2, 0.25) is 0 Å². The van der Waals surface area contributed by atoms with E-state index in [1.807, 2.05) is 6.07 Å². The molecule has 0 radical (unpaired) electrons. The highest BCUT2D eigenvalue weighted by molar-refractivity contribution is 5.75. The highest BCUT2D eigenvalue weighted by Crippen LogP contribution is 2.35. The van der Waals surface area contributed by atoms with E-state index in [0.29, 0.717) is 0 Å². The first-order chi connectivity index (χ1) is 16.9. The highest BCUT2D eigenvalue weighted by atomic mass is 19.1. The predicted molar refractivity (Wildman–Crippen MR) is 144 cm³/mol. The number of carbonyl (C=O) groups is 1. The third-order valence-corrected chi connectivity index (χ3v) is 8.80. The van der Waals surface area contributed by atoms with Crippen molar-refractivity contribution in [3.05, 3.63) is 29.6 Å². The monoisotopic (exact) mass is 486 g/mol. The van der Waals surface area contributed by atoms with E-state index in [1.165, 1.54) is 70.6 Å². The molecule has 0 aliphatic heterocycles. The van der Waals surface area contributed by atoms with Gasteiger partial charge in [-0.25, -0.2) is 4.39 Å². The molecule has 1 aromatic carbocycles. The third-order valence-electron chi connectivity index (χ3n) is 8.80. The van der Waals surface area contributed by atoms with Gasteiger partial charge in [-0.3, -0.25) is 4.79 Å². The number of carbonyl (C=O) groups excluding carboxylic acids is 1. The van der Waals surface area contributed by atoms with Crippen molar-refractivity contribution in [2.24, 2.45) is 29.6 Å². The van der Waals surface area contributed by atoms with Gasteiger partial charge in [-0.1, -0.05) is 97.5 Å². The van der Waals surface area contributed by atoms with E-state index in [2.05, 4.69) is 20.8 Å². The smallest absolute Gasteiger partial charge is 0.314 e. The first-order valence-corrected chi connectivity index (χ1v) is 14.9. The van der Waals surface area contributed by atoms with Crippen LogP contribution in [0.4, 0.5) is 4.39 Å². The van der Waals surface area contributed by atoms with Crippen molar-refractivity contribution in [2.45, 2.75) is 130 Å². The maximum atomic E-state index is 14.7. The van der Waals surface area contributed by atoms with Crippen molar-refractivity contribution >= 4 is 5.97 Å². The molecule has 0 aromatic heterocycles. The van der Waals surface area contributed by atoms with Crippen molar-refractivity contribution in [3.63, 3.8) is 0 Å². The Balaban J connectivity index is 1.36. The number of hydrogen-bond acceptors (Lipinski definition) is 2. The second-order valence-electron chi connectivity index (χ2n) is 12.1. The summed E-state index contributed by atoms with van der Waals surface area (Å²) in [5.74, 6) is 2.61. The van der Waals surface area contributed by atoms with Gasteiger partial charge in [0.1, 0.15) is 0 Å². The lowest BCUT2D eigenvalue weighted by Gasteiger charge is -2.28. The quantitative estimate of drug-likeness (QED) is 0.157. The van der Waals surface area contributed by atoms with Gasteiger partial charge in [-0.05, 0) is 79.9 Å². The van der Waals surface area contributed by atoms with Crippen LogP contribution in [-0.2, 0) is 11.2 Å². The van der Waals surface area contributed by atoms with E-state index in [0.717, 1.165) is 67.8 Å². The van der Waals surface area contributed by atoms with Gasteiger partial charge in [0.25, 0.3) is 0 Å². The molecule has 198 valence electrons. The molecule has 0 saturated heterocycles. The molecule has 2 aliphatic rings. The van der Waals surface area contributed by atoms with Gasteiger partial charge in [-0.2, -0.15) is 0 Å². The maximum Gasteiger partial charge on any atom is 0.314 e. The summed E-state index contributed by atoms with van der Waals surface area (Å²) in [5.41, 5.74) is 1.02. The molecule has 1 aromatic rings. The van der Waals surface area contributed by atoms with Crippen LogP contribution in [0.5, 0.6) is 5.75 Å². The van der Waals surface area contributed by atoms with Crippen LogP contribution in [-0.4, -0.2) is 5.97 Å². The van der Waals surface area contributed by atoms with Crippen molar-refractivity contribution < 1.29 is 13.9 Å². The number of unbranched alkanes of at least 4 members (excludes halogenated alkanes) is 2. The number of benzene rings is 1. The maximum absolute atomic E-state index is 14.7. The number of aryl methyl sites for hydroxylation is 1. The Morgan fingerprint density at radius 1 is 0.886 bits per heavy atom. The van der Waals surface area contributed by atoms with Crippen LogP contribution in [0.1, 0.15) is 129 Å². The van der Waals surface area contributed by atoms with Crippen molar-refractivity contribution in [1.29, 1.82) is 0 Å². The summed E-state index contributed by atoms with van der Waals surface area (Å²) >= 11 is 0. The van der Waals surface area contributed by atoms with Gasteiger partial charge >= 0.3 is 5.97 Å². The molecule has 0 amide bonds. The van der Waals surface area contributed by atoms with E-state index in [4.69, 9.17) is 4.74 Å². The molecule has 2 aliphatic carbocycles. The third kappa shape index (κ3) is 9.89. The first-order valence-electron chi connectivity index (χ1n) is 14.9. The number of rotatable bonds is 13. The number of hydrogen-bond donors (Lipinski definition) is 0. The van der Waals surface area contributed by atoms with Crippen LogP contribution in [0.25, 0.3) is 0 Å². The van der Waals surface area contributed by atoms with Gasteiger partial charge in [0.2, 0.25) is 0 Å². The number of ether oxygens (including phenoxy) is 1. The van der Waals surface area contributed by atoms with E-state index in [1.54, 1.807) is 12.1 Å². The molecule has 0 unspecified atom stereocenters. The van der Waals surface area contributed by atoms with Crippen LogP contribution in [0.3, 0.4) is 0 Å². The number of halogens is 1.